The van der Waals surface area contributed by atoms with Crippen LogP contribution in [0.4, 0.5) is 0 Å². The number of carbonyl (C=O) groups excluding carboxylic acids is 1. The van der Waals surface area contributed by atoms with Crippen molar-refractivity contribution >= 4 is 5.91 Å². The number of rotatable bonds is 8. The van der Waals surface area contributed by atoms with Crippen molar-refractivity contribution in [1.82, 2.24) is 5.32 Å². The molecule has 2 unspecified atom stereocenters. The molecule has 2 atom stereocenters. The molecule has 0 spiro atoms. The van der Waals surface area contributed by atoms with Crippen molar-refractivity contribution in [2.45, 2.75) is 46.5 Å². The minimum absolute atomic E-state index is 0.190. The highest BCUT2D eigenvalue weighted by Gasteiger charge is 2.15. The van der Waals surface area contributed by atoms with Gasteiger partial charge in [0, 0.05) is 12.5 Å². The molecule has 0 aromatic rings. The van der Waals surface area contributed by atoms with Crippen molar-refractivity contribution in [2.24, 2.45) is 17.6 Å². The largest absolute Gasteiger partial charge is 0.356 e. The first-order valence-corrected chi connectivity index (χ1v) is 6.13. The van der Waals surface area contributed by atoms with Gasteiger partial charge in [-0.2, -0.15) is 0 Å². The van der Waals surface area contributed by atoms with Crippen molar-refractivity contribution in [2.75, 3.05) is 13.1 Å². The Kier molecular flexibility index (Phi) is 8.38. The van der Waals surface area contributed by atoms with Crippen molar-refractivity contribution in [3.63, 3.8) is 0 Å². The van der Waals surface area contributed by atoms with Gasteiger partial charge in [0.05, 0.1) is 0 Å². The van der Waals surface area contributed by atoms with Crippen molar-refractivity contribution in [3.8, 4) is 0 Å². The van der Waals surface area contributed by atoms with Crippen LogP contribution >= 0.6 is 0 Å². The van der Waals surface area contributed by atoms with Gasteiger partial charge in [-0.1, -0.05) is 33.6 Å². The van der Waals surface area contributed by atoms with Gasteiger partial charge in [-0.25, -0.2) is 0 Å². The second-order valence-corrected chi connectivity index (χ2v) is 4.33. The SMILES string of the molecule is CCCCC(CC)C(=O)NCC(C)CN. The van der Waals surface area contributed by atoms with Crippen LogP contribution < -0.4 is 11.1 Å². The van der Waals surface area contributed by atoms with Gasteiger partial charge in [0.1, 0.15) is 0 Å². The summed E-state index contributed by atoms with van der Waals surface area (Å²) in [4.78, 5) is 11.7. The van der Waals surface area contributed by atoms with Crippen LogP contribution in [0, 0.1) is 11.8 Å². The fourth-order valence-corrected chi connectivity index (χ4v) is 1.47. The molecule has 15 heavy (non-hydrogen) atoms. The molecule has 0 saturated heterocycles. The highest BCUT2D eigenvalue weighted by molar-refractivity contribution is 5.78. The number of hydrogen-bond acceptors (Lipinski definition) is 2. The summed E-state index contributed by atoms with van der Waals surface area (Å²) in [6.07, 6.45) is 4.24. The smallest absolute Gasteiger partial charge is 0.223 e. The number of nitrogens with two attached hydrogens (primary N) is 1. The third-order valence-corrected chi connectivity index (χ3v) is 2.80. The fraction of sp³-hybridized carbons (Fsp3) is 0.917. The summed E-state index contributed by atoms with van der Waals surface area (Å²) in [6, 6.07) is 0. The zero-order chi connectivity index (χ0) is 11.7. The van der Waals surface area contributed by atoms with Crippen molar-refractivity contribution in [1.29, 1.82) is 0 Å². The van der Waals surface area contributed by atoms with E-state index in [2.05, 4.69) is 19.2 Å². The normalized spacial score (nSPS) is 14.7. The minimum atomic E-state index is 0.190. The fourth-order valence-electron chi connectivity index (χ4n) is 1.47. The molecule has 0 heterocycles. The molecule has 0 aromatic heterocycles. The van der Waals surface area contributed by atoms with Gasteiger partial charge in [-0.15, -0.1) is 0 Å². The van der Waals surface area contributed by atoms with Crippen LogP contribution in [0.1, 0.15) is 46.5 Å². The van der Waals surface area contributed by atoms with Crippen LogP contribution in [0.3, 0.4) is 0 Å². The third kappa shape index (κ3) is 6.50. The van der Waals surface area contributed by atoms with Gasteiger partial charge in [-0.3, -0.25) is 4.79 Å². The Hall–Kier alpha value is -0.570. The molecule has 0 aliphatic rings. The zero-order valence-corrected chi connectivity index (χ0v) is 10.4. The molecule has 0 radical (unpaired) electrons. The minimum Gasteiger partial charge on any atom is -0.356 e. The molecule has 90 valence electrons. The van der Waals surface area contributed by atoms with Gasteiger partial charge in [0.25, 0.3) is 0 Å². The van der Waals surface area contributed by atoms with Crippen molar-refractivity contribution < 1.29 is 4.79 Å². The van der Waals surface area contributed by atoms with Gasteiger partial charge in [0.2, 0.25) is 5.91 Å². The summed E-state index contributed by atoms with van der Waals surface area (Å²) >= 11 is 0. The Bertz CT molecular complexity index is 171. The summed E-state index contributed by atoms with van der Waals surface area (Å²) in [6.45, 7) is 7.62. The van der Waals surface area contributed by atoms with E-state index in [4.69, 9.17) is 5.73 Å². The van der Waals surface area contributed by atoms with Crippen LogP contribution in [-0.2, 0) is 4.79 Å². The number of nitrogens with one attached hydrogen (secondary N) is 1. The molecule has 3 heteroatoms. The van der Waals surface area contributed by atoms with E-state index in [9.17, 15) is 4.79 Å². The molecule has 0 fully saturated rings. The predicted octanol–water partition coefficient (Wildman–Crippen LogP) is 1.91. The van der Waals surface area contributed by atoms with E-state index in [1.165, 1.54) is 0 Å². The lowest BCUT2D eigenvalue weighted by atomic mass is 9.98. The molecule has 0 saturated carbocycles. The van der Waals surface area contributed by atoms with Gasteiger partial charge < -0.3 is 11.1 Å². The predicted molar refractivity (Wildman–Crippen MR) is 64.5 cm³/mol. The van der Waals surface area contributed by atoms with E-state index in [1.807, 2.05) is 6.92 Å². The second-order valence-electron chi connectivity index (χ2n) is 4.33. The molecule has 0 aromatic carbocycles. The van der Waals surface area contributed by atoms with E-state index >= 15 is 0 Å². The molecule has 0 aliphatic heterocycles. The summed E-state index contributed by atoms with van der Waals surface area (Å²) < 4.78 is 0. The Labute approximate surface area is 93.8 Å². The number of amides is 1. The molecular weight excluding hydrogens is 188 g/mol. The second kappa shape index (κ2) is 8.72. The molecule has 0 aliphatic carbocycles. The Morgan fingerprint density at radius 2 is 2.07 bits per heavy atom. The van der Waals surface area contributed by atoms with Crippen molar-refractivity contribution in [3.05, 3.63) is 0 Å². The zero-order valence-electron chi connectivity index (χ0n) is 10.4. The number of hydrogen-bond donors (Lipinski definition) is 2. The lowest BCUT2D eigenvalue weighted by Gasteiger charge is -2.16. The molecule has 0 rings (SSSR count). The van der Waals surface area contributed by atoms with Crippen LogP contribution in [-0.4, -0.2) is 19.0 Å². The third-order valence-electron chi connectivity index (χ3n) is 2.80. The number of unbranched alkanes of at least 4 members (excludes halogenated alkanes) is 1. The average molecular weight is 214 g/mol. The quantitative estimate of drug-likeness (QED) is 0.648. The standard InChI is InChI=1S/C12H26N2O/c1-4-6-7-11(5-2)12(15)14-9-10(3)8-13/h10-11H,4-9,13H2,1-3H3,(H,14,15). The van der Waals surface area contributed by atoms with Gasteiger partial charge in [-0.05, 0) is 25.3 Å². The van der Waals surface area contributed by atoms with Gasteiger partial charge >= 0.3 is 0 Å². The van der Waals surface area contributed by atoms with Crippen LogP contribution in [0.5, 0.6) is 0 Å². The van der Waals surface area contributed by atoms with E-state index < -0.39 is 0 Å². The lowest BCUT2D eigenvalue weighted by Crippen LogP contribution is -2.35. The molecular formula is C12H26N2O. The van der Waals surface area contributed by atoms with E-state index in [0.717, 1.165) is 25.7 Å². The van der Waals surface area contributed by atoms with Gasteiger partial charge in [0.15, 0.2) is 0 Å². The summed E-state index contributed by atoms with van der Waals surface area (Å²) in [5.74, 6) is 0.763. The van der Waals surface area contributed by atoms with Crippen LogP contribution in [0.25, 0.3) is 0 Å². The van der Waals surface area contributed by atoms with E-state index in [1.54, 1.807) is 0 Å². The first-order valence-electron chi connectivity index (χ1n) is 6.13. The Balaban J connectivity index is 3.82. The summed E-state index contributed by atoms with van der Waals surface area (Å²) in [5, 5.41) is 2.97. The maximum absolute atomic E-state index is 11.7. The van der Waals surface area contributed by atoms with E-state index in [-0.39, 0.29) is 11.8 Å². The van der Waals surface area contributed by atoms with Crippen LogP contribution in [0.15, 0.2) is 0 Å². The first-order chi connectivity index (χ1) is 7.15. The maximum atomic E-state index is 11.7. The molecule has 3 N–H and O–H groups in total. The first kappa shape index (κ1) is 14.4. The maximum Gasteiger partial charge on any atom is 0.223 e. The highest BCUT2D eigenvalue weighted by atomic mass is 16.1. The lowest BCUT2D eigenvalue weighted by molar-refractivity contribution is -0.125. The Morgan fingerprint density at radius 3 is 2.53 bits per heavy atom. The number of carbonyl (C=O) groups is 1. The molecule has 0 bridgehead atoms. The molecule has 3 nitrogen and oxygen atoms in total. The average Bonchev–Trinajstić information content (AvgIpc) is 2.26. The highest BCUT2D eigenvalue weighted by Crippen LogP contribution is 2.12. The Morgan fingerprint density at radius 1 is 1.40 bits per heavy atom. The monoisotopic (exact) mass is 214 g/mol. The van der Waals surface area contributed by atoms with Crippen LogP contribution in [0.2, 0.25) is 0 Å². The summed E-state index contributed by atoms with van der Waals surface area (Å²) in [7, 11) is 0. The topological polar surface area (TPSA) is 55.1 Å². The summed E-state index contributed by atoms with van der Waals surface area (Å²) in [5.41, 5.74) is 5.50. The molecule has 1 amide bonds. The van der Waals surface area contributed by atoms with E-state index in [0.29, 0.717) is 19.0 Å².